The number of anilines is 1. The third kappa shape index (κ3) is 6.26. The first-order valence-electron chi connectivity index (χ1n) is 6.82. The van der Waals surface area contributed by atoms with E-state index in [2.05, 4.69) is 5.32 Å². The maximum Gasteiger partial charge on any atom is 2.00 e. The molecule has 0 saturated heterocycles. The second-order valence-corrected chi connectivity index (χ2v) is 4.59. The van der Waals surface area contributed by atoms with Crippen LogP contribution >= 0.6 is 0 Å². The predicted molar refractivity (Wildman–Crippen MR) is 87.2 cm³/mol. The molecule has 4 nitrogen and oxygen atoms in total. The number of benzene rings is 1. The van der Waals surface area contributed by atoms with Crippen LogP contribution in [0.5, 0.6) is 0 Å². The van der Waals surface area contributed by atoms with Gasteiger partial charge < -0.3 is 20.5 Å². The molecule has 0 bridgehead atoms. The summed E-state index contributed by atoms with van der Waals surface area (Å²) < 4.78 is 0. The van der Waals surface area contributed by atoms with Crippen molar-refractivity contribution < 1.29 is 32.2 Å². The van der Waals surface area contributed by atoms with Crippen molar-refractivity contribution in [3.63, 3.8) is 0 Å². The van der Waals surface area contributed by atoms with E-state index in [1.54, 1.807) is 42.5 Å². The van der Waals surface area contributed by atoms with Gasteiger partial charge >= 0.3 is 24.2 Å². The van der Waals surface area contributed by atoms with Crippen LogP contribution in [0.4, 0.5) is 5.69 Å². The van der Waals surface area contributed by atoms with E-state index in [9.17, 15) is 5.11 Å². The van der Waals surface area contributed by atoms with Gasteiger partial charge in [0, 0.05) is 5.69 Å². The third-order valence-corrected chi connectivity index (χ3v) is 2.92. The van der Waals surface area contributed by atoms with Gasteiger partial charge in [0.1, 0.15) is 0 Å². The molecule has 1 aliphatic carbocycles. The average molecular weight is 349 g/mol. The van der Waals surface area contributed by atoms with Crippen LogP contribution in [-0.2, 0) is 17.1 Å². The topological polar surface area (TPSA) is 75.5 Å². The molecule has 23 heavy (non-hydrogen) atoms. The summed E-state index contributed by atoms with van der Waals surface area (Å²) in [6.45, 7) is 0. The van der Waals surface area contributed by atoms with E-state index in [0.29, 0.717) is 16.7 Å². The first kappa shape index (κ1) is 18.9. The zero-order chi connectivity index (χ0) is 15.8. The summed E-state index contributed by atoms with van der Waals surface area (Å²) >= 11 is 0. The van der Waals surface area contributed by atoms with Crippen molar-refractivity contribution in [2.45, 2.75) is 0 Å². The second kappa shape index (κ2) is 9.82. The standard InChI is InChI=1S/C12H12BNO3.C5H5.Fe/c15-12(9-4-1-2-5-9)14-11-7-3-6-10(8-11)13(16)17;1-2-4-5-3-1;/h1-8,14-17H;1-5H;/q;-1;+2/p-1. The summed E-state index contributed by atoms with van der Waals surface area (Å²) in [4.78, 5) is 0. The van der Waals surface area contributed by atoms with E-state index in [1.165, 1.54) is 6.07 Å². The van der Waals surface area contributed by atoms with Gasteiger partial charge in [0.25, 0.3) is 0 Å². The van der Waals surface area contributed by atoms with E-state index in [1.807, 2.05) is 30.3 Å². The zero-order valence-electron chi connectivity index (χ0n) is 12.2. The molecule has 0 amide bonds. The molecule has 0 radical (unpaired) electrons. The largest absolute Gasteiger partial charge is 2.00 e. The maximum absolute atomic E-state index is 11.7. The molecule has 2 aromatic carbocycles. The van der Waals surface area contributed by atoms with Crippen LogP contribution in [0.1, 0.15) is 0 Å². The minimum Gasteiger partial charge on any atom is -0.860 e. The van der Waals surface area contributed by atoms with Crippen molar-refractivity contribution in [2.24, 2.45) is 0 Å². The van der Waals surface area contributed by atoms with Crippen LogP contribution in [0.25, 0.3) is 0 Å². The van der Waals surface area contributed by atoms with Crippen molar-refractivity contribution in [1.82, 2.24) is 0 Å². The van der Waals surface area contributed by atoms with Gasteiger partial charge in [-0.15, -0.1) is 0 Å². The van der Waals surface area contributed by atoms with Crippen molar-refractivity contribution >= 4 is 18.3 Å². The normalized spacial score (nSPS) is 11.3. The Bertz CT molecular complexity index is 648. The summed E-state index contributed by atoms with van der Waals surface area (Å²) in [7, 11) is -1.54. The monoisotopic (exact) mass is 349 g/mol. The fourth-order valence-electron chi connectivity index (χ4n) is 1.83. The molecule has 0 atom stereocenters. The molecule has 0 saturated carbocycles. The van der Waals surface area contributed by atoms with E-state index in [-0.39, 0.29) is 23.0 Å². The smallest absolute Gasteiger partial charge is 0.860 e. The van der Waals surface area contributed by atoms with Gasteiger partial charge in [0.05, 0.1) is 0 Å². The molecule has 0 spiro atoms. The van der Waals surface area contributed by atoms with E-state index in [4.69, 9.17) is 10.0 Å². The van der Waals surface area contributed by atoms with Crippen molar-refractivity contribution in [3.8, 4) is 0 Å². The molecule has 118 valence electrons. The van der Waals surface area contributed by atoms with E-state index >= 15 is 0 Å². The zero-order valence-corrected chi connectivity index (χ0v) is 13.3. The third-order valence-electron chi connectivity index (χ3n) is 2.92. The first-order chi connectivity index (χ1) is 10.7. The Balaban J connectivity index is 0.000000377. The minimum absolute atomic E-state index is 0. The Morgan fingerprint density at radius 1 is 1.04 bits per heavy atom. The predicted octanol–water partition coefficient (Wildman–Crippen LogP) is 0.879. The van der Waals surface area contributed by atoms with Crippen LogP contribution in [0.3, 0.4) is 0 Å². The summed E-state index contributed by atoms with van der Waals surface area (Å²) in [5, 5.41) is 32.4. The molecule has 0 unspecified atom stereocenters. The molecule has 0 aromatic heterocycles. The van der Waals surface area contributed by atoms with Gasteiger partial charge in [-0.05, 0) is 29.1 Å². The van der Waals surface area contributed by atoms with Gasteiger partial charge in [-0.1, -0.05) is 36.4 Å². The quantitative estimate of drug-likeness (QED) is 0.437. The fourth-order valence-corrected chi connectivity index (χ4v) is 1.83. The van der Waals surface area contributed by atoms with Crippen molar-refractivity contribution in [2.75, 3.05) is 5.32 Å². The Hall–Kier alpha value is -2.11. The molecule has 3 N–H and O–H groups in total. The molecule has 0 fully saturated rings. The molecular formula is C17H16BFeNO3. The van der Waals surface area contributed by atoms with Crippen LogP contribution in [-0.4, -0.2) is 17.2 Å². The van der Waals surface area contributed by atoms with Gasteiger partial charge in [-0.25, -0.2) is 12.1 Å². The molecule has 3 rings (SSSR count). The molecule has 0 aliphatic heterocycles. The number of allylic oxidation sites excluding steroid dienone is 5. The molecule has 0 heterocycles. The number of hydrogen-bond donors (Lipinski definition) is 3. The van der Waals surface area contributed by atoms with E-state index in [0.717, 1.165) is 0 Å². The van der Waals surface area contributed by atoms with Gasteiger partial charge in [-0.3, -0.25) is 0 Å². The van der Waals surface area contributed by atoms with Crippen LogP contribution in [0.15, 0.2) is 90.4 Å². The summed E-state index contributed by atoms with van der Waals surface area (Å²) in [5.74, 6) is -0.223. The van der Waals surface area contributed by atoms with E-state index < -0.39 is 7.12 Å². The Morgan fingerprint density at radius 2 is 1.70 bits per heavy atom. The molecule has 2 aromatic rings. The fraction of sp³-hybridized carbons (Fsp3) is 0. The SMILES string of the molecule is [Fe+2].[O-]C(Nc1cccc(B(O)O)c1)=C1C=CC=C1.c1cc[cH-]c1. The summed E-state index contributed by atoms with van der Waals surface area (Å²) in [6.07, 6.45) is 6.98. The Morgan fingerprint density at radius 3 is 2.22 bits per heavy atom. The Kier molecular flexibility index (Phi) is 8.09. The first-order valence-corrected chi connectivity index (χ1v) is 6.82. The average Bonchev–Trinajstić information content (AvgIpc) is 3.23. The second-order valence-electron chi connectivity index (χ2n) is 4.59. The minimum atomic E-state index is -1.54. The van der Waals surface area contributed by atoms with Crippen molar-refractivity contribution in [3.05, 3.63) is 90.4 Å². The molecule has 6 heteroatoms. The van der Waals surface area contributed by atoms with Gasteiger partial charge in [0.15, 0.2) is 0 Å². The van der Waals surface area contributed by atoms with Gasteiger partial charge in [0.2, 0.25) is 0 Å². The Labute approximate surface area is 146 Å². The molecule has 1 aliphatic rings. The summed E-state index contributed by atoms with van der Waals surface area (Å²) in [5.41, 5.74) is 1.44. The molecular weight excluding hydrogens is 333 g/mol. The van der Waals surface area contributed by atoms with Crippen LogP contribution < -0.4 is 15.9 Å². The van der Waals surface area contributed by atoms with Gasteiger partial charge in [-0.2, -0.15) is 18.2 Å². The van der Waals surface area contributed by atoms with Crippen LogP contribution in [0, 0.1) is 0 Å². The van der Waals surface area contributed by atoms with Crippen molar-refractivity contribution in [1.29, 1.82) is 0 Å². The summed E-state index contributed by atoms with van der Waals surface area (Å²) in [6, 6.07) is 16.4. The number of hydrogen-bond acceptors (Lipinski definition) is 4. The number of nitrogens with one attached hydrogen (secondary N) is 1. The number of rotatable bonds is 3. The maximum atomic E-state index is 11.7. The van der Waals surface area contributed by atoms with Crippen LogP contribution in [0.2, 0.25) is 0 Å².